The van der Waals surface area contributed by atoms with Gasteiger partial charge in [-0.15, -0.1) is 10.2 Å². The smallest absolute Gasteiger partial charge is 0.410 e. The molecular formula is C27H31FN8O2. The summed E-state index contributed by atoms with van der Waals surface area (Å²) < 4.78 is 19.4. The zero-order valence-electron chi connectivity index (χ0n) is 22.0. The average Bonchev–Trinajstić information content (AvgIpc) is 2.89. The normalized spacial score (nSPS) is 14.1. The number of carbonyl (C=O) groups is 1. The predicted molar refractivity (Wildman–Crippen MR) is 141 cm³/mol. The highest BCUT2D eigenvalue weighted by Crippen LogP contribution is 2.30. The zero-order chi connectivity index (χ0) is 27.3. The fraction of sp³-hybridized carbons (Fsp3) is 0.407. The van der Waals surface area contributed by atoms with Crippen molar-refractivity contribution in [3.63, 3.8) is 0 Å². The monoisotopic (exact) mass is 518 g/mol. The number of ether oxygens (including phenoxy) is 1. The summed E-state index contributed by atoms with van der Waals surface area (Å²) in [5.74, 6) is 0.911. The molecule has 0 saturated carbocycles. The van der Waals surface area contributed by atoms with Crippen LogP contribution in [0, 0.1) is 30.0 Å². The standard InChI is InChI=1S/C27H31FN8O2/c1-17-11-19(5-6-21(17)28)25-22(12-23(34-35-25)33-24-16-30-20(13-29)15-32-24)31-14-18-7-9-36(10-8-18)26(37)38-27(2,3)4/h5-6,11-12,15-16,18H,7-10,14H2,1-4H3,(H2,31,32,33,34). The SMILES string of the molecule is Cc1cc(-c2nnc(Nc3cnc(C#N)cn3)cc2NCC2CCN(C(=O)OC(C)(C)C)CC2)ccc1F. The van der Waals surface area contributed by atoms with Crippen molar-refractivity contribution in [1.29, 1.82) is 5.26 Å². The van der Waals surface area contributed by atoms with Gasteiger partial charge < -0.3 is 20.3 Å². The van der Waals surface area contributed by atoms with Crippen LogP contribution < -0.4 is 10.6 Å². The van der Waals surface area contributed by atoms with E-state index in [-0.39, 0.29) is 17.6 Å². The summed E-state index contributed by atoms with van der Waals surface area (Å²) in [6.45, 7) is 9.22. The lowest BCUT2D eigenvalue weighted by Gasteiger charge is -2.33. The van der Waals surface area contributed by atoms with Crippen molar-refractivity contribution in [2.24, 2.45) is 5.92 Å². The molecule has 2 N–H and O–H groups in total. The third-order valence-electron chi connectivity index (χ3n) is 6.10. The summed E-state index contributed by atoms with van der Waals surface area (Å²) in [7, 11) is 0. The summed E-state index contributed by atoms with van der Waals surface area (Å²) in [4.78, 5) is 22.3. The first-order valence-corrected chi connectivity index (χ1v) is 12.5. The van der Waals surface area contributed by atoms with Crippen molar-refractivity contribution in [3.8, 4) is 17.3 Å². The Bertz CT molecular complexity index is 1330. The Morgan fingerprint density at radius 1 is 1.16 bits per heavy atom. The van der Waals surface area contributed by atoms with E-state index in [2.05, 4.69) is 30.8 Å². The number of benzene rings is 1. The number of hydrogen-bond donors (Lipinski definition) is 2. The number of nitrogens with one attached hydrogen (secondary N) is 2. The Kier molecular flexibility index (Phi) is 8.00. The molecule has 11 heteroatoms. The van der Waals surface area contributed by atoms with Crippen molar-refractivity contribution in [2.45, 2.75) is 46.1 Å². The summed E-state index contributed by atoms with van der Waals surface area (Å²) >= 11 is 0. The Labute approximate surface area is 221 Å². The molecule has 1 amide bonds. The van der Waals surface area contributed by atoms with Crippen LogP contribution in [0.5, 0.6) is 0 Å². The quantitative estimate of drug-likeness (QED) is 0.460. The fourth-order valence-electron chi connectivity index (χ4n) is 4.07. The third-order valence-corrected chi connectivity index (χ3v) is 6.10. The van der Waals surface area contributed by atoms with Crippen LogP contribution in [-0.4, -0.2) is 56.4 Å². The van der Waals surface area contributed by atoms with Crippen molar-refractivity contribution in [3.05, 3.63) is 53.7 Å². The van der Waals surface area contributed by atoms with Crippen LogP contribution in [0.25, 0.3) is 11.3 Å². The van der Waals surface area contributed by atoms with Gasteiger partial charge in [0.2, 0.25) is 0 Å². The van der Waals surface area contributed by atoms with Gasteiger partial charge in [-0.2, -0.15) is 5.26 Å². The first-order valence-electron chi connectivity index (χ1n) is 12.5. The molecule has 10 nitrogen and oxygen atoms in total. The second-order valence-electron chi connectivity index (χ2n) is 10.3. The molecule has 2 aromatic heterocycles. The van der Waals surface area contributed by atoms with Gasteiger partial charge in [-0.3, -0.25) is 0 Å². The number of nitriles is 1. The van der Waals surface area contributed by atoms with E-state index in [4.69, 9.17) is 10.00 Å². The molecule has 3 heterocycles. The number of rotatable bonds is 6. The molecular weight excluding hydrogens is 487 g/mol. The maximum atomic E-state index is 13.9. The van der Waals surface area contributed by atoms with Crippen LogP contribution in [0.15, 0.2) is 36.7 Å². The molecule has 38 heavy (non-hydrogen) atoms. The van der Waals surface area contributed by atoms with Crippen molar-refractivity contribution in [1.82, 2.24) is 25.1 Å². The lowest BCUT2D eigenvalue weighted by molar-refractivity contribution is 0.0188. The molecule has 0 atom stereocenters. The van der Waals surface area contributed by atoms with E-state index >= 15 is 0 Å². The van der Waals surface area contributed by atoms with Gasteiger partial charge in [0, 0.05) is 31.3 Å². The molecule has 198 valence electrons. The lowest BCUT2D eigenvalue weighted by Crippen LogP contribution is -2.42. The van der Waals surface area contributed by atoms with E-state index in [0.29, 0.717) is 48.4 Å². The van der Waals surface area contributed by atoms with E-state index < -0.39 is 5.60 Å². The van der Waals surface area contributed by atoms with Crippen LogP contribution in [0.4, 0.5) is 26.5 Å². The van der Waals surface area contributed by atoms with Gasteiger partial charge in [0.1, 0.15) is 29.0 Å². The number of carbonyl (C=O) groups excluding carboxylic acids is 1. The van der Waals surface area contributed by atoms with E-state index in [1.165, 1.54) is 18.5 Å². The lowest BCUT2D eigenvalue weighted by atomic mass is 9.96. The minimum Gasteiger partial charge on any atom is -0.444 e. The summed E-state index contributed by atoms with van der Waals surface area (Å²) in [6, 6.07) is 8.58. The minimum atomic E-state index is -0.520. The molecule has 0 spiro atoms. The van der Waals surface area contributed by atoms with Crippen molar-refractivity contribution in [2.75, 3.05) is 30.3 Å². The number of aryl methyl sites for hydroxylation is 1. The van der Waals surface area contributed by atoms with E-state index in [1.807, 2.05) is 32.9 Å². The zero-order valence-corrected chi connectivity index (χ0v) is 22.0. The highest BCUT2D eigenvalue weighted by atomic mass is 19.1. The maximum Gasteiger partial charge on any atom is 0.410 e. The van der Waals surface area contributed by atoms with Crippen LogP contribution in [-0.2, 0) is 4.74 Å². The largest absolute Gasteiger partial charge is 0.444 e. The second kappa shape index (κ2) is 11.4. The van der Waals surface area contributed by atoms with Crippen LogP contribution in [0.2, 0.25) is 0 Å². The summed E-state index contributed by atoms with van der Waals surface area (Å²) in [6.07, 6.45) is 4.21. The Balaban J connectivity index is 1.48. The highest BCUT2D eigenvalue weighted by molar-refractivity contribution is 5.76. The van der Waals surface area contributed by atoms with E-state index in [0.717, 1.165) is 24.1 Å². The van der Waals surface area contributed by atoms with E-state index in [1.54, 1.807) is 24.0 Å². The Hall–Kier alpha value is -4.33. The topological polar surface area (TPSA) is 129 Å². The number of nitrogens with zero attached hydrogens (tertiary/aromatic N) is 6. The second-order valence-corrected chi connectivity index (χ2v) is 10.3. The molecule has 1 fully saturated rings. The predicted octanol–water partition coefficient (Wildman–Crippen LogP) is 5.06. The van der Waals surface area contributed by atoms with Gasteiger partial charge >= 0.3 is 6.09 Å². The molecule has 0 bridgehead atoms. The highest BCUT2D eigenvalue weighted by Gasteiger charge is 2.27. The van der Waals surface area contributed by atoms with Crippen LogP contribution in [0.1, 0.15) is 44.9 Å². The Morgan fingerprint density at radius 3 is 2.55 bits per heavy atom. The Morgan fingerprint density at radius 2 is 1.92 bits per heavy atom. The van der Waals surface area contributed by atoms with Crippen LogP contribution >= 0.6 is 0 Å². The van der Waals surface area contributed by atoms with E-state index in [9.17, 15) is 9.18 Å². The minimum absolute atomic E-state index is 0.212. The van der Waals surface area contributed by atoms with Gasteiger partial charge in [-0.25, -0.2) is 19.2 Å². The number of halogens is 1. The maximum absolute atomic E-state index is 13.9. The molecule has 0 unspecified atom stereocenters. The van der Waals surface area contributed by atoms with Gasteiger partial charge in [0.25, 0.3) is 0 Å². The number of amides is 1. The van der Waals surface area contributed by atoms with Gasteiger partial charge in [-0.05, 0) is 70.2 Å². The number of piperidine rings is 1. The fourth-order valence-corrected chi connectivity index (χ4v) is 4.07. The summed E-state index contributed by atoms with van der Waals surface area (Å²) in [5.41, 5.74) is 2.26. The van der Waals surface area contributed by atoms with Crippen molar-refractivity contribution >= 4 is 23.4 Å². The first kappa shape index (κ1) is 26.7. The summed E-state index contributed by atoms with van der Waals surface area (Å²) in [5, 5.41) is 24.2. The number of hydrogen-bond acceptors (Lipinski definition) is 9. The molecule has 0 radical (unpaired) electrons. The molecule has 0 aliphatic carbocycles. The average molecular weight is 519 g/mol. The van der Waals surface area contributed by atoms with Gasteiger partial charge in [-0.1, -0.05) is 0 Å². The van der Waals surface area contributed by atoms with Gasteiger partial charge in [0.05, 0.1) is 18.1 Å². The van der Waals surface area contributed by atoms with Gasteiger partial charge in [0.15, 0.2) is 11.5 Å². The number of anilines is 3. The molecule has 1 aliphatic rings. The first-order chi connectivity index (χ1) is 18.1. The molecule has 4 rings (SSSR count). The number of aromatic nitrogens is 4. The number of likely N-dealkylation sites (tertiary alicyclic amines) is 1. The van der Waals surface area contributed by atoms with Crippen LogP contribution in [0.3, 0.4) is 0 Å². The third kappa shape index (κ3) is 6.91. The molecule has 1 aliphatic heterocycles. The van der Waals surface area contributed by atoms with Crippen molar-refractivity contribution < 1.29 is 13.9 Å². The molecule has 1 saturated heterocycles. The molecule has 3 aromatic rings. The molecule has 1 aromatic carbocycles.